The minimum Gasteiger partial charge on any atom is -0.418 e. The van der Waals surface area contributed by atoms with Crippen molar-refractivity contribution in [2.24, 2.45) is 15.3 Å². The topological polar surface area (TPSA) is 102 Å². The fourth-order valence-corrected chi connectivity index (χ4v) is 1.81. The summed E-state index contributed by atoms with van der Waals surface area (Å²) in [7, 11) is 0. The van der Waals surface area contributed by atoms with Gasteiger partial charge in [-0.05, 0) is 6.92 Å². The van der Waals surface area contributed by atoms with Crippen LogP contribution in [-0.4, -0.2) is 35.0 Å². The number of ether oxygens (including phenoxy) is 2. The second kappa shape index (κ2) is 5.40. The fraction of sp³-hybridized carbons (Fsp3) is 0.583. The number of hydrogen-bond acceptors (Lipinski definition) is 8. The van der Waals surface area contributed by atoms with E-state index in [1.54, 1.807) is 13.8 Å². The van der Waals surface area contributed by atoms with Gasteiger partial charge in [0.05, 0.1) is 0 Å². The number of carbonyl (C=O) groups is 2. The van der Waals surface area contributed by atoms with Gasteiger partial charge in [-0.15, -0.1) is 5.10 Å². The van der Waals surface area contributed by atoms with Crippen LogP contribution in [0.5, 0.6) is 0 Å². The quantitative estimate of drug-likeness (QED) is 0.606. The second-order valence-corrected chi connectivity index (χ2v) is 4.53. The maximum absolute atomic E-state index is 11.8. The van der Waals surface area contributed by atoms with E-state index in [0.29, 0.717) is 25.1 Å². The molecule has 2 heterocycles. The molecule has 1 saturated heterocycles. The molecule has 8 nitrogen and oxygen atoms in total. The summed E-state index contributed by atoms with van der Waals surface area (Å²) >= 11 is 0. The van der Waals surface area contributed by atoms with E-state index >= 15 is 0 Å². The lowest BCUT2D eigenvalue weighted by Gasteiger charge is -2.34. The van der Waals surface area contributed by atoms with Gasteiger partial charge >= 0.3 is 11.9 Å². The van der Waals surface area contributed by atoms with Gasteiger partial charge in [0.25, 0.3) is 11.5 Å². The van der Waals surface area contributed by atoms with Crippen LogP contribution in [0.3, 0.4) is 0 Å². The SMILES string of the molecule is CCC1(CC)OC(=O)C(=NNC2=NN=C(C)C2)C(=O)O1. The molecule has 0 unspecified atom stereocenters. The number of amidine groups is 1. The molecule has 2 aliphatic rings. The van der Waals surface area contributed by atoms with Crippen molar-refractivity contribution >= 4 is 29.2 Å². The zero-order valence-electron chi connectivity index (χ0n) is 11.6. The maximum Gasteiger partial charge on any atom is 0.369 e. The highest BCUT2D eigenvalue weighted by atomic mass is 16.7. The third-order valence-corrected chi connectivity index (χ3v) is 3.08. The molecule has 0 bridgehead atoms. The molecule has 2 aliphatic heterocycles. The van der Waals surface area contributed by atoms with Gasteiger partial charge in [0, 0.05) is 25.0 Å². The summed E-state index contributed by atoms with van der Waals surface area (Å²) in [4.78, 5) is 23.7. The zero-order valence-corrected chi connectivity index (χ0v) is 11.6. The van der Waals surface area contributed by atoms with Crippen molar-refractivity contribution in [1.29, 1.82) is 0 Å². The number of hydrogen-bond donors (Lipinski definition) is 1. The Hall–Kier alpha value is -2.25. The summed E-state index contributed by atoms with van der Waals surface area (Å²) in [6.45, 7) is 5.36. The molecular formula is C12H16N4O4. The normalized spacial score (nSPS) is 20.9. The zero-order chi connectivity index (χ0) is 14.8. The third-order valence-electron chi connectivity index (χ3n) is 3.08. The van der Waals surface area contributed by atoms with E-state index in [1.165, 1.54) is 0 Å². The molecule has 20 heavy (non-hydrogen) atoms. The Morgan fingerprint density at radius 1 is 1.20 bits per heavy atom. The number of carbonyl (C=O) groups excluding carboxylic acids is 2. The van der Waals surface area contributed by atoms with E-state index in [2.05, 4.69) is 20.7 Å². The summed E-state index contributed by atoms with van der Waals surface area (Å²) < 4.78 is 10.3. The highest BCUT2D eigenvalue weighted by molar-refractivity contribution is 6.63. The lowest BCUT2D eigenvalue weighted by molar-refractivity contribution is -0.230. The number of cyclic esters (lactones) is 2. The lowest BCUT2D eigenvalue weighted by Crippen LogP contribution is -2.50. The smallest absolute Gasteiger partial charge is 0.369 e. The van der Waals surface area contributed by atoms with Crippen LogP contribution in [0.2, 0.25) is 0 Å². The molecule has 0 atom stereocenters. The molecule has 0 amide bonds. The van der Waals surface area contributed by atoms with Crippen molar-refractivity contribution in [3.05, 3.63) is 0 Å². The summed E-state index contributed by atoms with van der Waals surface area (Å²) in [5.74, 6) is -2.32. The van der Waals surface area contributed by atoms with Gasteiger partial charge in [0.15, 0.2) is 5.84 Å². The van der Waals surface area contributed by atoms with Gasteiger partial charge in [0.2, 0.25) is 0 Å². The van der Waals surface area contributed by atoms with Crippen molar-refractivity contribution in [2.75, 3.05) is 0 Å². The summed E-state index contributed by atoms with van der Waals surface area (Å²) in [6.07, 6.45) is 1.28. The van der Waals surface area contributed by atoms with Gasteiger partial charge < -0.3 is 9.47 Å². The Morgan fingerprint density at radius 2 is 1.80 bits per heavy atom. The van der Waals surface area contributed by atoms with E-state index in [4.69, 9.17) is 9.47 Å². The molecule has 0 aromatic rings. The average molecular weight is 280 g/mol. The standard InChI is InChI=1S/C12H16N4O4/c1-4-12(5-2)19-10(17)9(11(18)20-12)16-15-8-6-7(3)13-14-8/h4-6H2,1-3H3,(H,14,15). The largest absolute Gasteiger partial charge is 0.418 e. The monoisotopic (exact) mass is 280 g/mol. The van der Waals surface area contributed by atoms with Gasteiger partial charge in [0.1, 0.15) is 0 Å². The second-order valence-electron chi connectivity index (χ2n) is 4.53. The minimum absolute atomic E-state index is 0.390. The molecule has 0 radical (unpaired) electrons. The first-order valence-corrected chi connectivity index (χ1v) is 6.40. The van der Waals surface area contributed by atoms with Gasteiger partial charge in [-0.2, -0.15) is 10.2 Å². The maximum atomic E-state index is 11.8. The number of nitrogens with zero attached hydrogens (tertiary/aromatic N) is 3. The van der Waals surface area contributed by atoms with E-state index in [1.807, 2.05) is 6.92 Å². The van der Waals surface area contributed by atoms with Gasteiger partial charge in [-0.3, -0.25) is 5.43 Å². The number of nitrogens with one attached hydrogen (secondary N) is 1. The first-order chi connectivity index (χ1) is 9.49. The van der Waals surface area contributed by atoms with E-state index in [0.717, 1.165) is 5.71 Å². The van der Waals surface area contributed by atoms with Crippen LogP contribution in [0.25, 0.3) is 0 Å². The predicted octanol–water partition coefficient (Wildman–Crippen LogP) is 0.726. The van der Waals surface area contributed by atoms with Crippen LogP contribution in [0.1, 0.15) is 40.0 Å². The minimum atomic E-state index is -1.18. The third kappa shape index (κ3) is 2.68. The van der Waals surface area contributed by atoms with Crippen LogP contribution in [0.15, 0.2) is 15.3 Å². The molecule has 1 N–H and O–H groups in total. The van der Waals surface area contributed by atoms with E-state index in [-0.39, 0.29) is 0 Å². The molecule has 108 valence electrons. The molecule has 0 aliphatic carbocycles. The number of esters is 2. The van der Waals surface area contributed by atoms with Crippen LogP contribution < -0.4 is 5.43 Å². The van der Waals surface area contributed by atoms with Crippen molar-refractivity contribution in [3.8, 4) is 0 Å². The Morgan fingerprint density at radius 3 is 2.25 bits per heavy atom. The number of rotatable bonds is 3. The van der Waals surface area contributed by atoms with E-state index in [9.17, 15) is 9.59 Å². The van der Waals surface area contributed by atoms with Gasteiger partial charge in [-0.25, -0.2) is 9.59 Å². The lowest BCUT2D eigenvalue weighted by atomic mass is 10.1. The fourth-order valence-electron chi connectivity index (χ4n) is 1.81. The first-order valence-electron chi connectivity index (χ1n) is 6.40. The predicted molar refractivity (Wildman–Crippen MR) is 71.2 cm³/mol. The molecule has 0 saturated carbocycles. The van der Waals surface area contributed by atoms with E-state index < -0.39 is 23.4 Å². The van der Waals surface area contributed by atoms with Crippen molar-refractivity contribution < 1.29 is 19.1 Å². The summed E-state index contributed by atoms with van der Waals surface area (Å²) in [5.41, 5.74) is 2.92. The molecule has 0 aromatic heterocycles. The molecule has 0 aromatic carbocycles. The Bertz CT molecular complexity index is 510. The first kappa shape index (κ1) is 14.2. The van der Waals surface area contributed by atoms with Crippen molar-refractivity contribution in [1.82, 2.24) is 5.43 Å². The number of hydrazone groups is 1. The highest BCUT2D eigenvalue weighted by Crippen LogP contribution is 2.26. The highest BCUT2D eigenvalue weighted by Gasteiger charge is 2.45. The van der Waals surface area contributed by atoms with Crippen LogP contribution >= 0.6 is 0 Å². The molecular weight excluding hydrogens is 264 g/mol. The Labute approximate surface area is 115 Å². The van der Waals surface area contributed by atoms with Crippen LogP contribution in [0, 0.1) is 0 Å². The Balaban J connectivity index is 2.07. The van der Waals surface area contributed by atoms with Crippen LogP contribution in [0.4, 0.5) is 0 Å². The Kier molecular flexibility index (Phi) is 3.82. The molecule has 1 fully saturated rings. The van der Waals surface area contributed by atoms with Crippen molar-refractivity contribution in [3.63, 3.8) is 0 Å². The summed E-state index contributed by atoms with van der Waals surface area (Å²) in [6, 6.07) is 0. The van der Waals surface area contributed by atoms with Crippen LogP contribution in [-0.2, 0) is 19.1 Å². The van der Waals surface area contributed by atoms with Crippen molar-refractivity contribution in [2.45, 2.75) is 45.8 Å². The molecule has 2 rings (SSSR count). The molecule has 8 heteroatoms. The summed E-state index contributed by atoms with van der Waals surface area (Å²) in [5, 5.41) is 11.3. The van der Waals surface area contributed by atoms with Gasteiger partial charge in [-0.1, -0.05) is 13.8 Å². The average Bonchev–Trinajstić information content (AvgIpc) is 2.83. The molecule has 0 spiro atoms.